The van der Waals surface area contributed by atoms with Gasteiger partial charge in [0.05, 0.1) is 0 Å². The molecule has 0 aliphatic heterocycles. The summed E-state index contributed by atoms with van der Waals surface area (Å²) in [6, 6.07) is 0. The maximum atomic E-state index is 3.74. The van der Waals surface area contributed by atoms with Crippen LogP contribution in [0.15, 0.2) is 0 Å². The van der Waals surface area contributed by atoms with Gasteiger partial charge in [0.1, 0.15) is 0 Å². The molecule has 0 amide bonds. The van der Waals surface area contributed by atoms with Gasteiger partial charge in [-0.25, -0.2) is 0 Å². The summed E-state index contributed by atoms with van der Waals surface area (Å²) < 4.78 is 0. The van der Waals surface area contributed by atoms with E-state index < -0.39 is 0 Å². The van der Waals surface area contributed by atoms with E-state index in [1.807, 2.05) is 13.8 Å². The van der Waals surface area contributed by atoms with Crippen molar-refractivity contribution in [3.05, 3.63) is 10.6 Å². The Morgan fingerprint density at radius 3 is 1.00 bits per heavy atom. The minimum atomic E-state index is 0. The van der Waals surface area contributed by atoms with Crippen LogP contribution in [0.5, 0.6) is 0 Å². The standard InChI is InChI=1S/2C3H8N.HI.Nd/c2*1-3-4-2;;/h2*3H2,1-2H3;1H;/q2*-1;;. The second-order valence-corrected chi connectivity index (χ2v) is 1.26. The van der Waals surface area contributed by atoms with Crippen molar-refractivity contribution in [3.63, 3.8) is 0 Å². The van der Waals surface area contributed by atoms with Gasteiger partial charge in [0.2, 0.25) is 0 Å². The second kappa shape index (κ2) is 30.6. The van der Waals surface area contributed by atoms with Crippen LogP contribution < -0.4 is 0 Å². The van der Waals surface area contributed by atoms with Gasteiger partial charge in [-0.3, -0.25) is 0 Å². The van der Waals surface area contributed by atoms with Crippen LogP contribution in [0.25, 0.3) is 10.6 Å². The van der Waals surface area contributed by atoms with E-state index in [1.54, 1.807) is 14.1 Å². The molecule has 64 valence electrons. The molecule has 0 aromatic heterocycles. The zero-order chi connectivity index (χ0) is 6.83. The molecule has 0 bridgehead atoms. The summed E-state index contributed by atoms with van der Waals surface area (Å²) in [6.45, 7) is 5.92. The molecule has 0 rings (SSSR count). The maximum absolute atomic E-state index is 3.74. The molecule has 0 unspecified atom stereocenters. The first kappa shape index (κ1) is 22.7. The summed E-state index contributed by atoms with van der Waals surface area (Å²) >= 11 is 0. The fourth-order valence-electron chi connectivity index (χ4n) is 0. The smallest absolute Gasteiger partial charge is 0 e. The van der Waals surface area contributed by atoms with Gasteiger partial charge in [0, 0.05) is 40.8 Å². The Hall–Kier alpha value is 2.00. The first-order valence-corrected chi connectivity index (χ1v) is 2.94. The SMILES string of the molecule is CC[N-]C.CC[N-]C.I.[Nd]. The summed E-state index contributed by atoms with van der Waals surface area (Å²) in [5.41, 5.74) is 0. The zero-order valence-electron chi connectivity index (χ0n) is 7.22. The Morgan fingerprint density at radius 1 is 0.900 bits per heavy atom. The predicted octanol–water partition coefficient (Wildman–Crippen LogP) is 2.64. The fourth-order valence-corrected chi connectivity index (χ4v) is 0. The van der Waals surface area contributed by atoms with E-state index in [0.29, 0.717) is 0 Å². The van der Waals surface area contributed by atoms with Crippen LogP contribution in [0.4, 0.5) is 0 Å². The van der Waals surface area contributed by atoms with Gasteiger partial charge in [0.15, 0.2) is 0 Å². The molecule has 0 aliphatic rings. The van der Waals surface area contributed by atoms with E-state index in [1.165, 1.54) is 0 Å². The number of nitrogens with zero attached hydrogens (tertiary/aromatic N) is 2. The molecule has 0 saturated heterocycles. The first-order chi connectivity index (χ1) is 3.83. The Labute approximate surface area is 115 Å². The van der Waals surface area contributed by atoms with Crippen molar-refractivity contribution in [1.82, 2.24) is 0 Å². The van der Waals surface area contributed by atoms with Gasteiger partial charge in [-0.15, -0.1) is 24.0 Å². The van der Waals surface area contributed by atoms with Gasteiger partial charge in [-0.05, 0) is 0 Å². The van der Waals surface area contributed by atoms with Crippen molar-refractivity contribution in [2.24, 2.45) is 0 Å². The zero-order valence-corrected chi connectivity index (χ0v) is 12.8. The molecule has 0 saturated carbocycles. The van der Waals surface area contributed by atoms with Crippen LogP contribution in [-0.2, 0) is 0 Å². The molecule has 0 aromatic rings. The van der Waals surface area contributed by atoms with E-state index in [9.17, 15) is 0 Å². The van der Waals surface area contributed by atoms with Crippen LogP contribution in [0.3, 0.4) is 0 Å². The average molecular weight is 388 g/mol. The van der Waals surface area contributed by atoms with Crippen LogP contribution in [-0.4, -0.2) is 27.2 Å². The summed E-state index contributed by atoms with van der Waals surface area (Å²) in [7, 11) is 3.61. The molecule has 10 heavy (non-hydrogen) atoms. The van der Waals surface area contributed by atoms with Gasteiger partial charge in [-0.2, -0.15) is 27.2 Å². The molecule has 0 fully saturated rings. The van der Waals surface area contributed by atoms with Gasteiger partial charge < -0.3 is 10.6 Å². The third-order valence-electron chi connectivity index (χ3n) is 0.632. The quantitative estimate of drug-likeness (QED) is 0.651. The van der Waals surface area contributed by atoms with Crippen LogP contribution in [0.1, 0.15) is 13.8 Å². The first-order valence-electron chi connectivity index (χ1n) is 2.94. The number of hydrogen-bond donors (Lipinski definition) is 0. The molecular formula is C6H17IN2Nd-2. The molecule has 2 nitrogen and oxygen atoms in total. The molecule has 0 atom stereocenters. The van der Waals surface area contributed by atoms with Crippen molar-refractivity contribution in [2.45, 2.75) is 13.8 Å². The van der Waals surface area contributed by atoms with E-state index in [0.717, 1.165) is 13.1 Å². The molecule has 0 heterocycles. The van der Waals surface area contributed by atoms with Crippen LogP contribution in [0.2, 0.25) is 0 Å². The third kappa shape index (κ3) is 50.6. The Balaban J connectivity index is -0.0000000300. The fraction of sp³-hybridized carbons (Fsp3) is 1.00. The summed E-state index contributed by atoms with van der Waals surface area (Å²) in [4.78, 5) is 0. The van der Waals surface area contributed by atoms with E-state index in [-0.39, 0.29) is 64.8 Å². The van der Waals surface area contributed by atoms with Crippen LogP contribution >= 0.6 is 24.0 Å². The minimum absolute atomic E-state index is 0. The molecule has 0 spiro atoms. The molecule has 0 radical (unpaired) electrons. The summed E-state index contributed by atoms with van der Waals surface area (Å²) in [5, 5.41) is 7.47. The minimum Gasteiger partial charge on any atom is -0.665 e. The van der Waals surface area contributed by atoms with E-state index >= 15 is 0 Å². The molecule has 4 heteroatoms. The monoisotopic (exact) mass is 386 g/mol. The van der Waals surface area contributed by atoms with Crippen molar-refractivity contribution in [3.8, 4) is 0 Å². The summed E-state index contributed by atoms with van der Waals surface area (Å²) in [6.07, 6.45) is 0. The normalized spacial score (nSPS) is 6.00. The predicted molar refractivity (Wildman–Crippen MR) is 55.1 cm³/mol. The molecule has 0 N–H and O–H groups in total. The number of rotatable bonds is 2. The Kier molecular flexibility index (Phi) is 69.3. The van der Waals surface area contributed by atoms with Crippen LogP contribution in [0, 0.1) is 40.8 Å². The van der Waals surface area contributed by atoms with Gasteiger partial charge in [-0.1, -0.05) is 13.8 Å². The number of hydrogen-bond acceptors (Lipinski definition) is 0. The van der Waals surface area contributed by atoms with Crippen molar-refractivity contribution >= 4 is 24.0 Å². The Bertz CT molecular complexity index is 23.7. The third-order valence-corrected chi connectivity index (χ3v) is 0.632. The maximum Gasteiger partial charge on any atom is 0 e. The van der Waals surface area contributed by atoms with Gasteiger partial charge in [0.25, 0.3) is 0 Å². The molecular weight excluding hydrogens is 371 g/mol. The van der Waals surface area contributed by atoms with E-state index in [2.05, 4.69) is 10.6 Å². The average Bonchev–Trinajstić information content (AvgIpc) is 1.88. The largest absolute Gasteiger partial charge is 0.665 e. The van der Waals surface area contributed by atoms with Crippen molar-refractivity contribution in [2.75, 3.05) is 27.2 Å². The topological polar surface area (TPSA) is 28.2 Å². The number of halogens is 1. The molecule has 0 aromatic carbocycles. The summed E-state index contributed by atoms with van der Waals surface area (Å²) in [5.74, 6) is 0. The van der Waals surface area contributed by atoms with E-state index in [4.69, 9.17) is 0 Å². The second-order valence-electron chi connectivity index (χ2n) is 1.26. The van der Waals surface area contributed by atoms with Gasteiger partial charge >= 0.3 is 0 Å². The van der Waals surface area contributed by atoms with Crippen molar-refractivity contribution in [1.29, 1.82) is 0 Å². The Morgan fingerprint density at radius 2 is 1.00 bits per heavy atom. The van der Waals surface area contributed by atoms with Crippen molar-refractivity contribution < 1.29 is 40.8 Å². The molecule has 0 aliphatic carbocycles.